The van der Waals surface area contributed by atoms with E-state index < -0.39 is 11.8 Å². The lowest BCUT2D eigenvalue weighted by molar-refractivity contribution is 0.0467. The lowest BCUT2D eigenvalue weighted by Crippen LogP contribution is -2.08. The van der Waals surface area contributed by atoms with Crippen molar-refractivity contribution in [2.24, 2.45) is 7.05 Å². The molecule has 0 radical (unpaired) electrons. The molecule has 1 aromatic carbocycles. The molecule has 0 bridgehead atoms. The first-order valence-corrected chi connectivity index (χ1v) is 6.18. The van der Waals surface area contributed by atoms with Gasteiger partial charge in [0.05, 0.1) is 11.3 Å². The van der Waals surface area contributed by atoms with E-state index in [2.05, 4.69) is 5.10 Å². The van der Waals surface area contributed by atoms with E-state index in [0.29, 0.717) is 16.4 Å². The number of nitrogens with zero attached hydrogens (tertiary/aromatic N) is 2. The van der Waals surface area contributed by atoms with Crippen LogP contribution in [0, 0.1) is 12.7 Å². The van der Waals surface area contributed by atoms with Gasteiger partial charge in [-0.25, -0.2) is 9.18 Å². The fourth-order valence-electron chi connectivity index (χ4n) is 1.75. The van der Waals surface area contributed by atoms with Crippen molar-refractivity contribution in [3.63, 3.8) is 0 Å². The van der Waals surface area contributed by atoms with Crippen molar-refractivity contribution in [1.82, 2.24) is 9.78 Å². The molecule has 0 fully saturated rings. The predicted octanol–water partition coefficient (Wildman–Crippen LogP) is 2.46. The van der Waals surface area contributed by atoms with Crippen LogP contribution in [0.15, 0.2) is 18.2 Å². The minimum atomic E-state index is -0.776. The maximum Gasteiger partial charge on any atom is 0.341 e. The minimum Gasteiger partial charge on any atom is -0.457 e. The summed E-state index contributed by atoms with van der Waals surface area (Å²) in [5.74, 6) is -1.49. The Morgan fingerprint density at radius 3 is 2.80 bits per heavy atom. The lowest BCUT2D eigenvalue weighted by atomic mass is 10.2. The van der Waals surface area contributed by atoms with Crippen molar-refractivity contribution < 1.29 is 13.9 Å². The molecule has 7 heteroatoms. The second-order valence-corrected chi connectivity index (χ2v) is 4.65. The van der Waals surface area contributed by atoms with Crippen LogP contribution in [0.5, 0.6) is 0 Å². The zero-order valence-corrected chi connectivity index (χ0v) is 11.7. The Hall–Kier alpha value is -2.08. The third-order valence-electron chi connectivity index (χ3n) is 2.83. The Morgan fingerprint density at radius 2 is 2.25 bits per heavy atom. The van der Waals surface area contributed by atoms with E-state index in [9.17, 15) is 9.18 Å². The van der Waals surface area contributed by atoms with Gasteiger partial charge >= 0.3 is 5.97 Å². The van der Waals surface area contributed by atoms with E-state index >= 15 is 0 Å². The highest BCUT2D eigenvalue weighted by molar-refractivity contribution is 6.30. The first-order valence-electron chi connectivity index (χ1n) is 5.80. The van der Waals surface area contributed by atoms with Crippen molar-refractivity contribution in [2.45, 2.75) is 13.5 Å². The molecular weight excluding hydrogens is 285 g/mol. The van der Waals surface area contributed by atoms with Crippen molar-refractivity contribution in [3.8, 4) is 0 Å². The number of aryl methyl sites for hydroxylation is 2. The Kier molecular flexibility index (Phi) is 3.94. The fourth-order valence-corrected chi connectivity index (χ4v) is 1.98. The van der Waals surface area contributed by atoms with E-state index in [4.69, 9.17) is 22.1 Å². The molecule has 0 unspecified atom stereocenters. The van der Waals surface area contributed by atoms with Crippen molar-refractivity contribution in [2.75, 3.05) is 5.73 Å². The normalized spacial score (nSPS) is 10.6. The predicted molar refractivity (Wildman–Crippen MR) is 72.9 cm³/mol. The summed E-state index contributed by atoms with van der Waals surface area (Å²) >= 11 is 6.01. The second kappa shape index (κ2) is 5.50. The van der Waals surface area contributed by atoms with Gasteiger partial charge in [-0.05, 0) is 25.1 Å². The number of esters is 1. The van der Waals surface area contributed by atoms with Gasteiger partial charge in [0.2, 0.25) is 0 Å². The number of anilines is 1. The molecule has 0 atom stereocenters. The van der Waals surface area contributed by atoms with E-state index in [1.807, 2.05) is 0 Å². The van der Waals surface area contributed by atoms with Crippen LogP contribution >= 0.6 is 11.6 Å². The summed E-state index contributed by atoms with van der Waals surface area (Å²) in [6, 6.07) is 3.78. The van der Waals surface area contributed by atoms with Crippen LogP contribution < -0.4 is 5.73 Å². The molecule has 106 valence electrons. The summed E-state index contributed by atoms with van der Waals surface area (Å²) in [6.07, 6.45) is 0. The SMILES string of the molecule is Cc1nn(C)c(Cl)c1COC(=O)c1ccc(N)cc1F. The first kappa shape index (κ1) is 14.3. The summed E-state index contributed by atoms with van der Waals surface area (Å²) in [5.41, 5.74) is 6.74. The number of rotatable bonds is 3. The zero-order chi connectivity index (χ0) is 14.9. The highest BCUT2D eigenvalue weighted by Gasteiger charge is 2.17. The summed E-state index contributed by atoms with van der Waals surface area (Å²) in [4.78, 5) is 11.8. The van der Waals surface area contributed by atoms with Gasteiger partial charge in [0.25, 0.3) is 0 Å². The molecule has 0 saturated carbocycles. The molecule has 0 saturated heterocycles. The molecule has 0 aliphatic rings. The molecule has 0 aliphatic heterocycles. The maximum absolute atomic E-state index is 13.6. The summed E-state index contributed by atoms with van der Waals surface area (Å²) in [5, 5.41) is 4.48. The van der Waals surface area contributed by atoms with Gasteiger partial charge < -0.3 is 10.5 Å². The smallest absolute Gasteiger partial charge is 0.341 e. The number of ether oxygens (including phenoxy) is 1. The number of carbonyl (C=O) groups is 1. The van der Waals surface area contributed by atoms with E-state index in [-0.39, 0.29) is 17.9 Å². The molecule has 0 spiro atoms. The molecule has 0 aliphatic carbocycles. The van der Waals surface area contributed by atoms with Crippen LogP contribution in [0.1, 0.15) is 21.6 Å². The Balaban J connectivity index is 2.12. The van der Waals surface area contributed by atoms with Crippen LogP contribution in [-0.2, 0) is 18.4 Å². The van der Waals surface area contributed by atoms with Crippen LogP contribution in [-0.4, -0.2) is 15.7 Å². The average molecular weight is 298 g/mol. The van der Waals surface area contributed by atoms with Crippen molar-refractivity contribution in [1.29, 1.82) is 0 Å². The van der Waals surface area contributed by atoms with Gasteiger partial charge in [-0.2, -0.15) is 5.10 Å². The lowest BCUT2D eigenvalue weighted by Gasteiger charge is -2.06. The van der Waals surface area contributed by atoms with Gasteiger partial charge in [-0.3, -0.25) is 4.68 Å². The van der Waals surface area contributed by atoms with Gasteiger partial charge in [-0.15, -0.1) is 0 Å². The highest BCUT2D eigenvalue weighted by Crippen LogP contribution is 2.20. The summed E-state index contributed by atoms with van der Waals surface area (Å²) in [6.45, 7) is 1.68. The minimum absolute atomic E-state index is 0.0683. The van der Waals surface area contributed by atoms with Gasteiger partial charge in [0, 0.05) is 18.3 Å². The standard InChI is InChI=1S/C13H13ClFN3O2/c1-7-10(12(14)18(2)17-7)6-20-13(19)9-4-3-8(16)5-11(9)15/h3-5H,6,16H2,1-2H3. The van der Waals surface area contributed by atoms with Crippen LogP contribution in [0.25, 0.3) is 0 Å². The average Bonchev–Trinajstić information content (AvgIpc) is 2.61. The van der Waals surface area contributed by atoms with Crippen LogP contribution in [0.3, 0.4) is 0 Å². The molecule has 2 rings (SSSR count). The number of hydrogen-bond acceptors (Lipinski definition) is 4. The number of nitrogens with two attached hydrogens (primary N) is 1. The Morgan fingerprint density at radius 1 is 1.55 bits per heavy atom. The van der Waals surface area contributed by atoms with Crippen molar-refractivity contribution >= 4 is 23.3 Å². The summed E-state index contributed by atoms with van der Waals surface area (Å²) < 4.78 is 20.1. The van der Waals surface area contributed by atoms with Gasteiger partial charge in [-0.1, -0.05) is 11.6 Å². The van der Waals surface area contributed by atoms with E-state index in [1.54, 1.807) is 14.0 Å². The number of aromatic nitrogens is 2. The molecule has 1 heterocycles. The number of hydrogen-bond donors (Lipinski definition) is 1. The van der Waals surface area contributed by atoms with Crippen molar-refractivity contribution in [3.05, 3.63) is 46.0 Å². The monoisotopic (exact) mass is 297 g/mol. The number of benzene rings is 1. The van der Waals surface area contributed by atoms with Crippen LogP contribution in [0.2, 0.25) is 5.15 Å². The number of halogens is 2. The molecule has 20 heavy (non-hydrogen) atoms. The van der Waals surface area contributed by atoms with E-state index in [1.165, 1.54) is 16.8 Å². The first-order chi connectivity index (χ1) is 9.40. The van der Waals surface area contributed by atoms with Gasteiger partial charge in [0.1, 0.15) is 17.6 Å². The summed E-state index contributed by atoms with van der Waals surface area (Å²) in [7, 11) is 1.68. The highest BCUT2D eigenvalue weighted by atomic mass is 35.5. The number of nitrogen functional groups attached to an aromatic ring is 1. The molecule has 2 N–H and O–H groups in total. The van der Waals surface area contributed by atoms with Gasteiger partial charge in [0.15, 0.2) is 0 Å². The molecule has 2 aromatic rings. The third kappa shape index (κ3) is 2.75. The quantitative estimate of drug-likeness (QED) is 0.698. The number of carbonyl (C=O) groups excluding carboxylic acids is 1. The molecule has 5 nitrogen and oxygen atoms in total. The molecular formula is C13H13ClFN3O2. The molecule has 0 amide bonds. The topological polar surface area (TPSA) is 70.1 Å². The zero-order valence-electron chi connectivity index (χ0n) is 11.0. The Labute approximate surface area is 120 Å². The Bertz CT molecular complexity index is 670. The fraction of sp³-hybridized carbons (Fsp3) is 0.231. The third-order valence-corrected chi connectivity index (χ3v) is 3.30. The van der Waals surface area contributed by atoms with E-state index in [0.717, 1.165) is 6.07 Å². The molecule has 1 aromatic heterocycles. The maximum atomic E-state index is 13.6. The van der Waals surface area contributed by atoms with Crippen LogP contribution in [0.4, 0.5) is 10.1 Å². The second-order valence-electron chi connectivity index (χ2n) is 4.29. The largest absolute Gasteiger partial charge is 0.457 e.